The molecule has 28 heavy (non-hydrogen) atoms. The number of hydrogen-bond donors (Lipinski definition) is 1. The lowest BCUT2D eigenvalue weighted by Gasteiger charge is -2.24. The average Bonchev–Trinajstić information content (AvgIpc) is 3.01. The highest BCUT2D eigenvalue weighted by Crippen LogP contribution is 2.34. The van der Waals surface area contributed by atoms with Crippen LogP contribution in [0.1, 0.15) is 46.6 Å². The van der Waals surface area contributed by atoms with Gasteiger partial charge in [0.1, 0.15) is 6.04 Å². The maximum atomic E-state index is 12.8. The first-order chi connectivity index (χ1) is 13.1. The van der Waals surface area contributed by atoms with Crippen molar-refractivity contribution < 1.29 is 18.0 Å². The van der Waals surface area contributed by atoms with Gasteiger partial charge in [-0.15, -0.1) is 0 Å². The lowest BCUT2D eigenvalue weighted by Crippen LogP contribution is -2.47. The second-order valence-electron chi connectivity index (χ2n) is 7.46. The molecule has 0 aromatic heterocycles. The summed E-state index contributed by atoms with van der Waals surface area (Å²) < 4.78 is 27.0. The van der Waals surface area contributed by atoms with Crippen LogP contribution in [0.2, 0.25) is 0 Å². The van der Waals surface area contributed by atoms with E-state index in [-0.39, 0.29) is 16.7 Å². The lowest BCUT2D eigenvalue weighted by molar-refractivity contribution is -0.125. The van der Waals surface area contributed by atoms with Crippen LogP contribution < -0.4 is 10.2 Å². The first kappa shape index (κ1) is 22.4. The summed E-state index contributed by atoms with van der Waals surface area (Å²) in [6.45, 7) is 10.5. The fraction of sp³-hybridized carbons (Fsp3) is 0.600. The van der Waals surface area contributed by atoms with Gasteiger partial charge in [0.2, 0.25) is 21.8 Å². The van der Waals surface area contributed by atoms with Crippen LogP contribution >= 0.6 is 0 Å². The van der Waals surface area contributed by atoms with E-state index in [4.69, 9.17) is 0 Å². The van der Waals surface area contributed by atoms with Crippen LogP contribution in [0.5, 0.6) is 0 Å². The minimum atomic E-state index is -3.59. The quantitative estimate of drug-likeness (QED) is 0.713. The fourth-order valence-electron chi connectivity index (χ4n) is 3.50. The molecule has 0 spiro atoms. The molecular weight excluding hydrogens is 378 g/mol. The van der Waals surface area contributed by atoms with Crippen molar-refractivity contribution in [3.63, 3.8) is 0 Å². The SMILES string of the molecule is CCN(CC)S(=O)(=O)c1ccc2c(c1)C[C@@H](C(=O)NCCC(C)C)N2C(C)=O. The summed E-state index contributed by atoms with van der Waals surface area (Å²) in [5, 5.41) is 2.90. The Balaban J connectivity index is 2.31. The number of sulfonamides is 1. The third kappa shape index (κ3) is 4.55. The van der Waals surface area contributed by atoms with Crippen molar-refractivity contribution in [2.75, 3.05) is 24.5 Å². The number of carbonyl (C=O) groups is 2. The number of rotatable bonds is 8. The molecular formula is C20H31N3O4S. The lowest BCUT2D eigenvalue weighted by atomic mass is 10.1. The van der Waals surface area contributed by atoms with Gasteiger partial charge in [-0.25, -0.2) is 8.42 Å². The molecule has 7 nitrogen and oxygen atoms in total. The normalized spacial score (nSPS) is 16.5. The Bertz CT molecular complexity index is 832. The first-order valence-electron chi connectivity index (χ1n) is 9.84. The van der Waals surface area contributed by atoms with Crippen molar-refractivity contribution in [3.05, 3.63) is 23.8 Å². The van der Waals surface area contributed by atoms with Gasteiger partial charge in [0.05, 0.1) is 4.90 Å². The minimum absolute atomic E-state index is 0.194. The predicted octanol–water partition coefficient (Wildman–Crippen LogP) is 2.16. The van der Waals surface area contributed by atoms with Crippen LogP contribution in [0.15, 0.2) is 23.1 Å². The van der Waals surface area contributed by atoms with Gasteiger partial charge in [0, 0.05) is 38.7 Å². The van der Waals surface area contributed by atoms with Crippen LogP contribution in [0.25, 0.3) is 0 Å². The monoisotopic (exact) mass is 409 g/mol. The summed E-state index contributed by atoms with van der Waals surface area (Å²) >= 11 is 0. The number of nitrogens with one attached hydrogen (secondary N) is 1. The van der Waals surface area contributed by atoms with E-state index in [1.807, 2.05) is 0 Å². The van der Waals surface area contributed by atoms with E-state index in [1.54, 1.807) is 26.0 Å². The van der Waals surface area contributed by atoms with Crippen LogP contribution in [0, 0.1) is 5.92 Å². The maximum Gasteiger partial charge on any atom is 0.243 e. The van der Waals surface area contributed by atoms with E-state index in [0.717, 1.165) is 6.42 Å². The molecule has 0 bridgehead atoms. The van der Waals surface area contributed by atoms with Gasteiger partial charge in [-0.2, -0.15) is 4.31 Å². The molecule has 0 unspecified atom stereocenters. The van der Waals surface area contributed by atoms with Gasteiger partial charge >= 0.3 is 0 Å². The van der Waals surface area contributed by atoms with Crippen LogP contribution in [-0.2, 0) is 26.0 Å². The third-order valence-corrected chi connectivity index (χ3v) is 7.09. The zero-order chi connectivity index (χ0) is 21.1. The van der Waals surface area contributed by atoms with Crippen molar-refractivity contribution in [2.45, 2.75) is 58.4 Å². The largest absolute Gasteiger partial charge is 0.354 e. The Hall–Kier alpha value is -1.93. The number of benzene rings is 1. The molecule has 1 aliphatic rings. The molecule has 0 radical (unpaired) electrons. The van der Waals surface area contributed by atoms with Crippen molar-refractivity contribution >= 4 is 27.5 Å². The number of amides is 2. The van der Waals surface area contributed by atoms with Gasteiger partial charge in [0.15, 0.2) is 0 Å². The van der Waals surface area contributed by atoms with Crippen molar-refractivity contribution in [2.24, 2.45) is 5.92 Å². The average molecular weight is 410 g/mol. The fourth-order valence-corrected chi connectivity index (χ4v) is 5.01. The maximum absolute atomic E-state index is 12.8. The zero-order valence-electron chi connectivity index (χ0n) is 17.4. The van der Waals surface area contributed by atoms with Crippen LogP contribution in [0.4, 0.5) is 5.69 Å². The molecule has 1 aromatic rings. The summed E-state index contributed by atoms with van der Waals surface area (Å²) in [5.74, 6) is 0.0279. The Morgan fingerprint density at radius 3 is 2.43 bits per heavy atom. The van der Waals surface area contributed by atoms with Gasteiger partial charge in [0.25, 0.3) is 0 Å². The highest BCUT2D eigenvalue weighted by atomic mass is 32.2. The topological polar surface area (TPSA) is 86.8 Å². The van der Waals surface area contributed by atoms with Crippen LogP contribution in [-0.4, -0.2) is 50.2 Å². The van der Waals surface area contributed by atoms with Gasteiger partial charge in [-0.3, -0.25) is 14.5 Å². The first-order valence-corrected chi connectivity index (χ1v) is 11.3. The van der Waals surface area contributed by atoms with Crippen molar-refractivity contribution in [3.8, 4) is 0 Å². The number of fused-ring (bicyclic) bond motifs is 1. The van der Waals surface area contributed by atoms with Crippen molar-refractivity contribution in [1.82, 2.24) is 9.62 Å². The molecule has 1 aromatic carbocycles. The molecule has 0 fully saturated rings. The smallest absolute Gasteiger partial charge is 0.243 e. The Kier molecular flexibility index (Phi) is 7.22. The number of hydrogen-bond acceptors (Lipinski definition) is 4. The van der Waals surface area contributed by atoms with Gasteiger partial charge < -0.3 is 5.32 Å². The Morgan fingerprint density at radius 2 is 1.89 bits per heavy atom. The van der Waals surface area contributed by atoms with E-state index in [2.05, 4.69) is 19.2 Å². The molecule has 1 atom stereocenters. The highest BCUT2D eigenvalue weighted by Gasteiger charge is 2.37. The van der Waals surface area contributed by atoms with Crippen LogP contribution in [0.3, 0.4) is 0 Å². The Labute approximate surface area is 168 Å². The summed E-state index contributed by atoms with van der Waals surface area (Å²) in [6.07, 6.45) is 1.17. The van der Waals surface area contributed by atoms with Gasteiger partial charge in [-0.05, 0) is 36.1 Å². The number of carbonyl (C=O) groups excluding carboxylic acids is 2. The van der Waals surface area contributed by atoms with E-state index < -0.39 is 16.1 Å². The molecule has 0 saturated heterocycles. The molecule has 156 valence electrons. The second kappa shape index (κ2) is 9.05. The third-order valence-electron chi connectivity index (χ3n) is 5.04. The second-order valence-corrected chi connectivity index (χ2v) is 9.40. The summed E-state index contributed by atoms with van der Waals surface area (Å²) in [4.78, 5) is 26.5. The number of nitrogens with zero attached hydrogens (tertiary/aromatic N) is 2. The van der Waals surface area contributed by atoms with Gasteiger partial charge in [-0.1, -0.05) is 27.7 Å². The minimum Gasteiger partial charge on any atom is -0.354 e. The molecule has 8 heteroatoms. The molecule has 0 aliphatic carbocycles. The predicted molar refractivity (Wildman–Crippen MR) is 110 cm³/mol. The van der Waals surface area contributed by atoms with E-state index in [1.165, 1.54) is 22.2 Å². The van der Waals surface area contributed by atoms with E-state index in [0.29, 0.717) is 43.2 Å². The number of anilines is 1. The Morgan fingerprint density at radius 1 is 1.25 bits per heavy atom. The highest BCUT2D eigenvalue weighted by molar-refractivity contribution is 7.89. The van der Waals surface area contributed by atoms with E-state index >= 15 is 0 Å². The molecule has 1 aliphatic heterocycles. The van der Waals surface area contributed by atoms with Crippen molar-refractivity contribution in [1.29, 1.82) is 0 Å². The standard InChI is InChI=1S/C20H31N3O4S/c1-6-22(7-2)28(26,27)17-8-9-18-16(12-17)13-19(23(18)15(5)24)20(25)21-11-10-14(3)4/h8-9,12,14,19H,6-7,10-11,13H2,1-5H3,(H,21,25)/t19-/m0/s1. The summed E-state index contributed by atoms with van der Waals surface area (Å²) in [6, 6.07) is 4.10. The summed E-state index contributed by atoms with van der Waals surface area (Å²) in [7, 11) is -3.59. The molecule has 2 rings (SSSR count). The molecule has 0 saturated carbocycles. The molecule has 2 amide bonds. The van der Waals surface area contributed by atoms with E-state index in [9.17, 15) is 18.0 Å². The molecule has 1 N–H and O–H groups in total. The molecule has 1 heterocycles. The zero-order valence-corrected chi connectivity index (χ0v) is 18.2. The summed E-state index contributed by atoms with van der Waals surface area (Å²) in [5.41, 5.74) is 1.31.